The Hall–Kier alpha value is -3.20. The number of anilines is 1. The summed E-state index contributed by atoms with van der Waals surface area (Å²) in [6.07, 6.45) is 4.32. The van der Waals surface area contributed by atoms with Gasteiger partial charge in [-0.25, -0.2) is 9.18 Å². The van der Waals surface area contributed by atoms with E-state index in [2.05, 4.69) is 24.1 Å². The Balaban J connectivity index is 1.51. The predicted molar refractivity (Wildman–Crippen MR) is 160 cm³/mol. The highest BCUT2D eigenvalue weighted by molar-refractivity contribution is 6.31. The van der Waals surface area contributed by atoms with Crippen LogP contribution in [0.2, 0.25) is 5.02 Å². The molecule has 42 heavy (non-hydrogen) atoms. The number of nitrogens with one attached hydrogen (secondary N) is 1. The average Bonchev–Trinajstić information content (AvgIpc) is 3.64. The molecule has 1 aliphatic carbocycles. The Morgan fingerprint density at radius 3 is 2.76 bits per heavy atom. The highest BCUT2D eigenvalue weighted by atomic mass is 35.5. The Kier molecular flexibility index (Phi) is 6.18. The molecule has 1 N–H and O–H groups in total. The van der Waals surface area contributed by atoms with Crippen molar-refractivity contribution in [2.75, 3.05) is 19.0 Å². The number of amides is 1. The molecule has 1 amide bonds. The molecule has 0 saturated carbocycles. The van der Waals surface area contributed by atoms with Crippen LogP contribution in [0.3, 0.4) is 0 Å². The van der Waals surface area contributed by atoms with Gasteiger partial charge in [0.05, 0.1) is 29.3 Å². The smallest absolute Gasteiger partial charge is 0.337 e. The Labute approximate surface area is 253 Å². The van der Waals surface area contributed by atoms with Gasteiger partial charge in [0.2, 0.25) is 5.91 Å². The lowest BCUT2D eigenvalue weighted by Gasteiger charge is -2.48. The summed E-state index contributed by atoms with van der Waals surface area (Å²) in [7, 11) is 1.35. The first-order chi connectivity index (χ1) is 20.0. The van der Waals surface area contributed by atoms with E-state index < -0.39 is 29.0 Å². The number of alkyl halides is 1. The summed E-state index contributed by atoms with van der Waals surface area (Å²) in [5, 5.41) is 9.69. The first-order valence-corrected chi connectivity index (χ1v) is 14.9. The Morgan fingerprint density at radius 2 is 2.02 bits per heavy atom. The first kappa shape index (κ1) is 27.6. The topological polar surface area (TPSA) is 76.5 Å². The van der Waals surface area contributed by atoms with E-state index in [-0.39, 0.29) is 28.9 Å². The molecule has 3 aromatic rings. The van der Waals surface area contributed by atoms with Crippen LogP contribution in [-0.2, 0) is 21.5 Å². The number of carbonyl (C=O) groups is 2. The van der Waals surface area contributed by atoms with Crippen molar-refractivity contribution in [1.82, 2.24) is 14.7 Å². The van der Waals surface area contributed by atoms with Crippen molar-refractivity contribution in [2.45, 2.75) is 51.0 Å². The molecule has 4 heterocycles. The second-order valence-corrected chi connectivity index (χ2v) is 13.3. The number of hydrogen-bond acceptors (Lipinski definition) is 5. The number of hydrogen-bond donors (Lipinski definition) is 1. The zero-order valence-electron chi connectivity index (χ0n) is 23.7. The van der Waals surface area contributed by atoms with E-state index >= 15 is 4.39 Å². The normalized spacial score (nSPS) is 31.4. The van der Waals surface area contributed by atoms with Gasteiger partial charge in [-0.1, -0.05) is 68.3 Å². The average molecular weight is 610 g/mol. The van der Waals surface area contributed by atoms with Crippen molar-refractivity contribution in [3.63, 3.8) is 0 Å². The van der Waals surface area contributed by atoms with Gasteiger partial charge in [-0.15, -0.1) is 0 Å². The second-order valence-electron chi connectivity index (χ2n) is 12.5. The number of allylic oxidation sites excluding steroid dienone is 4. The Morgan fingerprint density at radius 1 is 1.24 bits per heavy atom. The Bertz CT molecular complexity index is 1730. The molecular formula is C32H31Cl2FN4O3. The number of methoxy groups -OCH3 is 1. The lowest BCUT2D eigenvalue weighted by atomic mass is 9.60. The van der Waals surface area contributed by atoms with Crippen molar-refractivity contribution in [2.24, 2.45) is 17.3 Å². The maximum atomic E-state index is 16.6. The molecule has 1 fully saturated rings. The van der Waals surface area contributed by atoms with E-state index in [0.717, 1.165) is 16.6 Å². The lowest BCUT2D eigenvalue weighted by Crippen LogP contribution is -2.58. The molecule has 10 heteroatoms. The van der Waals surface area contributed by atoms with Crippen LogP contribution in [0.4, 0.5) is 10.1 Å². The molecule has 3 aliphatic heterocycles. The molecule has 4 aliphatic rings. The third-order valence-electron chi connectivity index (χ3n) is 9.66. The maximum absolute atomic E-state index is 16.6. The molecule has 0 bridgehead atoms. The summed E-state index contributed by atoms with van der Waals surface area (Å²) < 4.78 is 23.5. The van der Waals surface area contributed by atoms with Crippen LogP contribution >= 0.6 is 23.2 Å². The minimum absolute atomic E-state index is 0.107. The molecule has 1 saturated heterocycles. The summed E-state index contributed by atoms with van der Waals surface area (Å²) in [5.74, 6) is -1.01. The third-order valence-corrected chi connectivity index (χ3v) is 10.2. The van der Waals surface area contributed by atoms with E-state index in [1.54, 1.807) is 36.4 Å². The van der Waals surface area contributed by atoms with Crippen LogP contribution in [0.25, 0.3) is 10.9 Å². The summed E-state index contributed by atoms with van der Waals surface area (Å²) >= 11 is 12.9. The van der Waals surface area contributed by atoms with Gasteiger partial charge in [0.15, 0.2) is 0 Å². The molecule has 218 valence electrons. The van der Waals surface area contributed by atoms with E-state index in [4.69, 9.17) is 33.0 Å². The van der Waals surface area contributed by atoms with Crippen LogP contribution in [-0.4, -0.2) is 52.4 Å². The van der Waals surface area contributed by atoms with Gasteiger partial charge in [0.25, 0.3) is 0 Å². The van der Waals surface area contributed by atoms with Gasteiger partial charge < -0.3 is 10.1 Å². The summed E-state index contributed by atoms with van der Waals surface area (Å²) in [5.41, 5.74) is 1.13. The van der Waals surface area contributed by atoms with Crippen LogP contribution < -0.4 is 5.32 Å². The molecule has 1 spiro atoms. The minimum atomic E-state index is -1.53. The van der Waals surface area contributed by atoms with E-state index in [1.165, 1.54) is 7.11 Å². The number of likely N-dealkylation sites (tertiary alicyclic amines) is 1. The zero-order chi connectivity index (χ0) is 29.7. The van der Waals surface area contributed by atoms with Gasteiger partial charge in [-0.2, -0.15) is 5.10 Å². The van der Waals surface area contributed by atoms with E-state index in [9.17, 15) is 9.59 Å². The summed E-state index contributed by atoms with van der Waals surface area (Å²) in [6, 6.07) is 10.3. The van der Waals surface area contributed by atoms with Crippen LogP contribution in [0.5, 0.6) is 0 Å². The summed E-state index contributed by atoms with van der Waals surface area (Å²) in [4.78, 5) is 29.1. The van der Waals surface area contributed by atoms with Gasteiger partial charge in [-0.05, 0) is 36.3 Å². The molecule has 7 nitrogen and oxygen atoms in total. The number of esters is 1. The van der Waals surface area contributed by atoms with Crippen molar-refractivity contribution >= 4 is 51.7 Å². The van der Waals surface area contributed by atoms with Crippen LogP contribution in [0.15, 0.2) is 59.7 Å². The lowest BCUT2D eigenvalue weighted by molar-refractivity contribution is -0.133. The van der Waals surface area contributed by atoms with Gasteiger partial charge in [0, 0.05) is 57.7 Å². The molecule has 2 aromatic carbocycles. The van der Waals surface area contributed by atoms with Gasteiger partial charge in [-0.3, -0.25) is 14.4 Å². The zero-order valence-corrected chi connectivity index (χ0v) is 25.2. The van der Waals surface area contributed by atoms with Crippen molar-refractivity contribution in [1.29, 1.82) is 0 Å². The maximum Gasteiger partial charge on any atom is 0.337 e. The van der Waals surface area contributed by atoms with E-state index in [1.807, 2.05) is 29.8 Å². The van der Waals surface area contributed by atoms with Crippen molar-refractivity contribution in [3.05, 3.63) is 81.5 Å². The number of ether oxygens (including phenoxy) is 1. The first-order valence-electron chi connectivity index (χ1n) is 14.2. The van der Waals surface area contributed by atoms with Gasteiger partial charge in [0.1, 0.15) is 11.7 Å². The SMILES string of the molecule is COC(=O)c1ccc2c3n(nc2c1)[C@H]1[C@H](C2(C)C=CC=C(Cl)C2F)[C@]2(C(=O)Nc4cc(Cl)ccc42)N(CC(C)C)[C@H]1C3. The second kappa shape index (κ2) is 9.40. The quantitative estimate of drug-likeness (QED) is 0.346. The standard InChI is InChI=1S/C32H31Cl2FN4O3/c1-16(2)15-38-25-14-24-19-9-7-17(29(40)42-4)12-22(19)37-39(24)26(25)27(31(3)11-5-6-21(34)28(31)35)32(38)20-10-8-18(33)13-23(20)36-30(32)41/h5-13,16,25-28H,14-15H2,1-4H3,(H,36,41)/t25-,26+,27+,28?,31?,32+/m0/s1. The van der Waals surface area contributed by atoms with Crippen molar-refractivity contribution < 1.29 is 18.7 Å². The summed E-state index contributed by atoms with van der Waals surface area (Å²) in [6.45, 7) is 6.73. The van der Waals surface area contributed by atoms with Crippen LogP contribution in [0, 0.1) is 17.3 Å². The minimum Gasteiger partial charge on any atom is -0.465 e. The largest absolute Gasteiger partial charge is 0.465 e. The molecule has 2 unspecified atom stereocenters. The van der Waals surface area contributed by atoms with Crippen molar-refractivity contribution in [3.8, 4) is 0 Å². The molecule has 1 aromatic heterocycles. The number of nitrogens with zero attached hydrogens (tertiary/aromatic N) is 3. The molecular weight excluding hydrogens is 578 g/mol. The number of fused-ring (bicyclic) bond motifs is 7. The fourth-order valence-electron chi connectivity index (χ4n) is 8.13. The molecule has 6 atom stereocenters. The predicted octanol–water partition coefficient (Wildman–Crippen LogP) is 6.41. The highest BCUT2D eigenvalue weighted by Gasteiger charge is 2.73. The molecule has 7 rings (SSSR count). The van der Waals surface area contributed by atoms with Gasteiger partial charge >= 0.3 is 5.97 Å². The molecule has 0 radical (unpaired) electrons. The fourth-order valence-corrected chi connectivity index (χ4v) is 8.61. The van der Waals surface area contributed by atoms with E-state index in [0.29, 0.717) is 34.8 Å². The third kappa shape index (κ3) is 3.52. The highest BCUT2D eigenvalue weighted by Crippen LogP contribution is 2.66. The number of benzene rings is 2. The number of halogens is 3. The van der Waals surface area contributed by atoms with Crippen LogP contribution in [0.1, 0.15) is 48.4 Å². The number of carbonyl (C=O) groups excluding carboxylic acids is 2. The fraction of sp³-hybridized carbons (Fsp3) is 0.406. The number of aromatic nitrogens is 2. The monoisotopic (exact) mass is 608 g/mol. The number of rotatable bonds is 4.